The van der Waals surface area contributed by atoms with Crippen LogP contribution in [0.15, 0.2) is 6.07 Å². The van der Waals surface area contributed by atoms with Crippen molar-refractivity contribution in [2.24, 2.45) is 5.92 Å². The normalized spacial score (nSPS) is 10.4. The highest BCUT2D eigenvalue weighted by molar-refractivity contribution is 5.76. The monoisotopic (exact) mass is 279 g/mol. The van der Waals surface area contributed by atoms with Crippen LogP contribution in [0, 0.1) is 12.8 Å². The molecule has 0 aliphatic carbocycles. The van der Waals surface area contributed by atoms with E-state index in [1.807, 2.05) is 19.9 Å². The van der Waals surface area contributed by atoms with Gasteiger partial charge in [0.2, 0.25) is 5.91 Å². The number of carbonyl (C=O) groups is 1. The summed E-state index contributed by atoms with van der Waals surface area (Å²) in [6.45, 7) is 10.1. The molecule has 6 nitrogen and oxygen atoms in total. The smallest absolute Gasteiger partial charge is 0.221 e. The van der Waals surface area contributed by atoms with Gasteiger partial charge >= 0.3 is 0 Å². The lowest BCUT2D eigenvalue weighted by molar-refractivity contribution is -0.120. The zero-order valence-electron chi connectivity index (χ0n) is 12.8. The van der Waals surface area contributed by atoms with Crippen LogP contribution < -0.4 is 16.0 Å². The van der Waals surface area contributed by atoms with Crippen LogP contribution in [0.3, 0.4) is 0 Å². The number of amides is 1. The van der Waals surface area contributed by atoms with Gasteiger partial charge in [0.25, 0.3) is 0 Å². The molecule has 0 aliphatic heterocycles. The molecule has 0 spiro atoms. The van der Waals surface area contributed by atoms with E-state index >= 15 is 0 Å². The summed E-state index contributed by atoms with van der Waals surface area (Å²) in [6, 6.07) is 1.85. The van der Waals surface area contributed by atoms with Gasteiger partial charge in [-0.25, -0.2) is 9.97 Å². The average Bonchev–Trinajstić information content (AvgIpc) is 2.36. The van der Waals surface area contributed by atoms with Crippen molar-refractivity contribution in [3.63, 3.8) is 0 Å². The fourth-order valence-electron chi connectivity index (χ4n) is 1.64. The number of aryl methyl sites for hydroxylation is 1. The van der Waals surface area contributed by atoms with Gasteiger partial charge in [0.15, 0.2) is 0 Å². The molecule has 1 rings (SSSR count). The number of carbonyl (C=O) groups excluding carboxylic acids is 1. The van der Waals surface area contributed by atoms with Crippen LogP contribution >= 0.6 is 0 Å². The van der Waals surface area contributed by atoms with Crippen molar-refractivity contribution in [3.8, 4) is 0 Å². The first-order valence-electron chi connectivity index (χ1n) is 7.11. The van der Waals surface area contributed by atoms with Crippen LogP contribution in [0.5, 0.6) is 0 Å². The Labute approximate surface area is 120 Å². The van der Waals surface area contributed by atoms with Gasteiger partial charge in [-0.1, -0.05) is 13.8 Å². The van der Waals surface area contributed by atoms with Crippen molar-refractivity contribution < 1.29 is 4.79 Å². The number of nitrogens with zero attached hydrogens (tertiary/aromatic N) is 2. The fraction of sp³-hybridized carbons (Fsp3) is 0.643. The number of nitrogens with one attached hydrogen (secondary N) is 3. The molecular formula is C14H25N5O. The summed E-state index contributed by atoms with van der Waals surface area (Å²) in [6.07, 6.45) is 0.437. The fourth-order valence-corrected chi connectivity index (χ4v) is 1.64. The molecule has 0 aliphatic rings. The lowest BCUT2D eigenvalue weighted by Crippen LogP contribution is -2.28. The van der Waals surface area contributed by atoms with Crippen molar-refractivity contribution in [1.82, 2.24) is 15.3 Å². The van der Waals surface area contributed by atoms with E-state index in [2.05, 4.69) is 39.8 Å². The predicted octanol–water partition coefficient (Wildman–Crippen LogP) is 1.79. The molecule has 0 saturated carbocycles. The Bertz CT molecular complexity index is 434. The van der Waals surface area contributed by atoms with E-state index in [0.717, 1.165) is 24.7 Å². The van der Waals surface area contributed by atoms with Crippen molar-refractivity contribution in [3.05, 3.63) is 11.9 Å². The van der Waals surface area contributed by atoms with E-state index in [-0.39, 0.29) is 5.91 Å². The van der Waals surface area contributed by atoms with E-state index < -0.39 is 0 Å². The quantitative estimate of drug-likeness (QED) is 0.676. The maximum absolute atomic E-state index is 11.6. The average molecular weight is 279 g/mol. The summed E-state index contributed by atoms with van der Waals surface area (Å²) in [4.78, 5) is 20.1. The van der Waals surface area contributed by atoms with Gasteiger partial charge in [-0.3, -0.25) is 4.79 Å². The summed E-state index contributed by atoms with van der Waals surface area (Å²) in [5.41, 5.74) is 0. The Morgan fingerprint density at radius 3 is 2.50 bits per heavy atom. The molecule has 1 aromatic heterocycles. The molecular weight excluding hydrogens is 254 g/mol. The topological polar surface area (TPSA) is 78.9 Å². The highest BCUT2D eigenvalue weighted by Gasteiger charge is 2.04. The van der Waals surface area contributed by atoms with E-state index in [1.54, 1.807) is 0 Å². The Morgan fingerprint density at radius 1 is 1.25 bits per heavy atom. The van der Waals surface area contributed by atoms with Gasteiger partial charge in [0.1, 0.15) is 17.5 Å². The summed E-state index contributed by atoms with van der Waals surface area (Å²) in [7, 11) is 0. The van der Waals surface area contributed by atoms with Crippen LogP contribution in [0.1, 0.15) is 33.0 Å². The predicted molar refractivity (Wildman–Crippen MR) is 81.9 cm³/mol. The molecule has 0 radical (unpaired) electrons. The number of anilines is 2. The number of hydrogen-bond acceptors (Lipinski definition) is 5. The lowest BCUT2D eigenvalue weighted by Gasteiger charge is -2.10. The third kappa shape index (κ3) is 6.36. The zero-order valence-corrected chi connectivity index (χ0v) is 12.8. The highest BCUT2D eigenvalue weighted by Crippen LogP contribution is 2.10. The minimum Gasteiger partial charge on any atom is -0.370 e. The SMILES string of the molecule is CCNc1cc(NCCC(=O)NCC(C)C)nc(C)n1. The first kappa shape index (κ1) is 16.2. The molecule has 0 atom stereocenters. The molecule has 0 saturated heterocycles. The minimum absolute atomic E-state index is 0.0592. The molecule has 0 aromatic carbocycles. The first-order chi connectivity index (χ1) is 9.51. The van der Waals surface area contributed by atoms with Crippen LogP contribution in [0.4, 0.5) is 11.6 Å². The van der Waals surface area contributed by atoms with Gasteiger partial charge in [-0.2, -0.15) is 0 Å². The van der Waals surface area contributed by atoms with Gasteiger partial charge in [-0.05, 0) is 19.8 Å². The van der Waals surface area contributed by atoms with E-state index in [1.165, 1.54) is 0 Å². The second kappa shape index (κ2) is 8.35. The molecule has 112 valence electrons. The van der Waals surface area contributed by atoms with E-state index in [9.17, 15) is 4.79 Å². The standard InChI is InChI=1S/C14H25N5O/c1-5-15-12-8-13(19-11(4)18-12)16-7-6-14(20)17-9-10(2)3/h8,10H,5-7,9H2,1-4H3,(H,17,20)(H2,15,16,18,19). The molecule has 6 heteroatoms. The molecule has 1 amide bonds. The zero-order chi connectivity index (χ0) is 15.0. The molecule has 0 fully saturated rings. The third-order valence-electron chi connectivity index (χ3n) is 2.56. The molecule has 1 aromatic rings. The van der Waals surface area contributed by atoms with Crippen molar-refractivity contribution in [2.45, 2.75) is 34.1 Å². The highest BCUT2D eigenvalue weighted by atomic mass is 16.1. The second-order valence-electron chi connectivity index (χ2n) is 5.09. The number of hydrogen-bond donors (Lipinski definition) is 3. The van der Waals surface area contributed by atoms with E-state index in [0.29, 0.717) is 24.7 Å². The van der Waals surface area contributed by atoms with Gasteiger partial charge < -0.3 is 16.0 Å². The lowest BCUT2D eigenvalue weighted by atomic mass is 10.2. The summed E-state index contributed by atoms with van der Waals surface area (Å²) in [5.74, 6) is 2.77. The molecule has 1 heterocycles. The first-order valence-corrected chi connectivity index (χ1v) is 7.11. The Hall–Kier alpha value is -1.85. The van der Waals surface area contributed by atoms with Crippen molar-refractivity contribution in [2.75, 3.05) is 30.3 Å². The van der Waals surface area contributed by atoms with Gasteiger partial charge in [0.05, 0.1) is 0 Å². The summed E-state index contributed by atoms with van der Waals surface area (Å²) < 4.78 is 0. The molecule has 0 bridgehead atoms. The van der Waals surface area contributed by atoms with Gasteiger partial charge in [-0.15, -0.1) is 0 Å². The van der Waals surface area contributed by atoms with Crippen LogP contribution in [-0.2, 0) is 4.79 Å². The summed E-state index contributed by atoms with van der Waals surface area (Å²) >= 11 is 0. The van der Waals surface area contributed by atoms with Crippen molar-refractivity contribution in [1.29, 1.82) is 0 Å². The van der Waals surface area contributed by atoms with Gasteiger partial charge in [0, 0.05) is 32.1 Å². The maximum Gasteiger partial charge on any atom is 0.221 e. The molecule has 3 N–H and O–H groups in total. The van der Waals surface area contributed by atoms with Crippen molar-refractivity contribution >= 4 is 17.5 Å². The largest absolute Gasteiger partial charge is 0.370 e. The minimum atomic E-state index is 0.0592. The molecule has 0 unspecified atom stereocenters. The maximum atomic E-state index is 11.6. The number of rotatable bonds is 8. The summed E-state index contributed by atoms with van der Waals surface area (Å²) in [5, 5.41) is 9.19. The Morgan fingerprint density at radius 2 is 1.90 bits per heavy atom. The number of aromatic nitrogens is 2. The van der Waals surface area contributed by atoms with E-state index in [4.69, 9.17) is 0 Å². The molecule has 20 heavy (non-hydrogen) atoms. The van der Waals surface area contributed by atoms with Crippen LogP contribution in [0.25, 0.3) is 0 Å². The third-order valence-corrected chi connectivity index (χ3v) is 2.56. The van der Waals surface area contributed by atoms with Crippen LogP contribution in [-0.4, -0.2) is 35.5 Å². The van der Waals surface area contributed by atoms with Crippen LogP contribution in [0.2, 0.25) is 0 Å². The second-order valence-corrected chi connectivity index (χ2v) is 5.09. The Kier molecular flexibility index (Phi) is 6.76. The Balaban J connectivity index is 2.39.